The lowest BCUT2D eigenvalue weighted by atomic mass is 10.1. The van der Waals surface area contributed by atoms with E-state index in [0.717, 1.165) is 21.5 Å². The molecule has 0 aliphatic heterocycles. The third kappa shape index (κ3) is 2.85. The number of carbonyl (C=O) groups excluding carboxylic acids is 1. The molecule has 25 heavy (non-hydrogen) atoms. The molecule has 0 fully saturated rings. The summed E-state index contributed by atoms with van der Waals surface area (Å²) in [6, 6.07) is 9.66. The second-order valence-corrected chi connectivity index (χ2v) is 6.85. The van der Waals surface area contributed by atoms with Gasteiger partial charge in [0.1, 0.15) is 6.26 Å². The third-order valence-electron chi connectivity index (χ3n) is 4.30. The number of amides is 1. The van der Waals surface area contributed by atoms with Gasteiger partial charge in [0.2, 0.25) is 5.89 Å². The van der Waals surface area contributed by atoms with Crippen molar-refractivity contribution in [2.45, 2.75) is 20.4 Å². The van der Waals surface area contributed by atoms with Gasteiger partial charge in [-0.2, -0.15) is 0 Å². The molecule has 0 radical (unpaired) electrons. The highest BCUT2D eigenvalue weighted by atomic mass is 32.1. The fourth-order valence-corrected chi connectivity index (χ4v) is 3.50. The Labute approximate surface area is 148 Å². The molecule has 3 heterocycles. The van der Waals surface area contributed by atoms with Crippen molar-refractivity contribution in [2.24, 2.45) is 0 Å². The van der Waals surface area contributed by atoms with Crippen LogP contribution in [0.5, 0.6) is 0 Å². The number of para-hydroxylation sites is 1. The standard InChI is InChI=1S/C19H17N3O2S/c1-11-12(2)21-17-14(11)5-3-6-15(17)18(23)20-9-13-10-24-19(22-13)16-7-4-8-25-16/h3-8,10,21H,9H2,1-2H3,(H,20,23). The zero-order valence-electron chi connectivity index (χ0n) is 13.9. The van der Waals surface area contributed by atoms with Crippen LogP contribution in [0.15, 0.2) is 46.4 Å². The summed E-state index contributed by atoms with van der Waals surface area (Å²) in [5, 5.41) is 5.97. The van der Waals surface area contributed by atoms with E-state index in [0.29, 0.717) is 23.7 Å². The molecule has 4 rings (SSSR count). The van der Waals surface area contributed by atoms with Crippen LogP contribution in [0.1, 0.15) is 27.3 Å². The van der Waals surface area contributed by atoms with Gasteiger partial charge >= 0.3 is 0 Å². The van der Waals surface area contributed by atoms with Gasteiger partial charge in [-0.1, -0.05) is 18.2 Å². The van der Waals surface area contributed by atoms with Crippen LogP contribution in [-0.4, -0.2) is 15.9 Å². The van der Waals surface area contributed by atoms with Crippen LogP contribution >= 0.6 is 11.3 Å². The molecule has 0 unspecified atom stereocenters. The minimum absolute atomic E-state index is 0.132. The van der Waals surface area contributed by atoms with Gasteiger partial charge in [0, 0.05) is 11.1 Å². The first-order valence-electron chi connectivity index (χ1n) is 7.98. The molecular formula is C19H17N3O2S. The molecule has 0 aliphatic carbocycles. The highest BCUT2D eigenvalue weighted by Crippen LogP contribution is 2.25. The SMILES string of the molecule is Cc1[nH]c2c(C(=O)NCc3coc(-c4cccs4)n3)cccc2c1C. The van der Waals surface area contributed by atoms with Crippen LogP contribution in [0, 0.1) is 13.8 Å². The summed E-state index contributed by atoms with van der Waals surface area (Å²) in [6.45, 7) is 4.39. The summed E-state index contributed by atoms with van der Waals surface area (Å²) in [5.74, 6) is 0.449. The number of nitrogens with zero attached hydrogens (tertiary/aromatic N) is 1. The van der Waals surface area contributed by atoms with Gasteiger partial charge in [-0.15, -0.1) is 11.3 Å². The van der Waals surface area contributed by atoms with E-state index in [-0.39, 0.29) is 5.91 Å². The van der Waals surface area contributed by atoms with Crippen molar-refractivity contribution < 1.29 is 9.21 Å². The van der Waals surface area contributed by atoms with Gasteiger partial charge in [0.05, 0.1) is 28.2 Å². The third-order valence-corrected chi connectivity index (χ3v) is 5.16. The number of aromatic nitrogens is 2. The number of aryl methyl sites for hydroxylation is 2. The Kier molecular flexibility index (Phi) is 3.89. The molecule has 6 heteroatoms. The highest BCUT2D eigenvalue weighted by Gasteiger charge is 2.14. The molecule has 0 saturated carbocycles. The van der Waals surface area contributed by atoms with Gasteiger partial charge < -0.3 is 14.7 Å². The first kappa shape index (κ1) is 15.7. The predicted octanol–water partition coefficient (Wildman–Crippen LogP) is 4.43. The molecule has 0 saturated heterocycles. The topological polar surface area (TPSA) is 70.9 Å². The fraction of sp³-hybridized carbons (Fsp3) is 0.158. The average Bonchev–Trinajstić information content (AvgIpc) is 3.34. The van der Waals surface area contributed by atoms with Crippen molar-refractivity contribution in [3.05, 3.63) is 64.5 Å². The van der Waals surface area contributed by atoms with Gasteiger partial charge in [-0.05, 0) is 36.9 Å². The molecule has 0 atom stereocenters. The highest BCUT2D eigenvalue weighted by molar-refractivity contribution is 7.13. The maximum atomic E-state index is 12.6. The summed E-state index contributed by atoms with van der Waals surface area (Å²) in [6.07, 6.45) is 1.58. The Morgan fingerprint density at radius 2 is 2.16 bits per heavy atom. The van der Waals surface area contributed by atoms with E-state index in [4.69, 9.17) is 4.42 Å². The number of carbonyl (C=O) groups is 1. The van der Waals surface area contributed by atoms with E-state index >= 15 is 0 Å². The molecule has 2 N–H and O–H groups in total. The Balaban J connectivity index is 1.52. The lowest BCUT2D eigenvalue weighted by molar-refractivity contribution is 0.0952. The second-order valence-electron chi connectivity index (χ2n) is 5.91. The first-order chi connectivity index (χ1) is 12.1. The molecule has 5 nitrogen and oxygen atoms in total. The van der Waals surface area contributed by atoms with Crippen molar-refractivity contribution in [3.8, 4) is 10.8 Å². The van der Waals surface area contributed by atoms with E-state index in [1.807, 2.05) is 42.6 Å². The Morgan fingerprint density at radius 1 is 1.28 bits per heavy atom. The van der Waals surface area contributed by atoms with E-state index in [1.54, 1.807) is 17.6 Å². The average molecular weight is 351 g/mol. The van der Waals surface area contributed by atoms with Gasteiger partial charge in [-0.3, -0.25) is 4.79 Å². The maximum Gasteiger partial charge on any atom is 0.253 e. The number of nitrogens with one attached hydrogen (secondary N) is 2. The Hall–Kier alpha value is -2.86. The second kappa shape index (κ2) is 6.22. The minimum Gasteiger partial charge on any atom is -0.443 e. The quantitative estimate of drug-likeness (QED) is 0.571. The number of oxazole rings is 1. The van der Waals surface area contributed by atoms with E-state index in [9.17, 15) is 4.79 Å². The number of aromatic amines is 1. The van der Waals surface area contributed by atoms with Gasteiger partial charge in [0.25, 0.3) is 5.91 Å². The van der Waals surface area contributed by atoms with Crippen molar-refractivity contribution >= 4 is 28.1 Å². The summed E-state index contributed by atoms with van der Waals surface area (Å²) in [5.41, 5.74) is 4.45. The Morgan fingerprint density at radius 3 is 2.96 bits per heavy atom. The number of rotatable bonds is 4. The summed E-state index contributed by atoms with van der Waals surface area (Å²) in [7, 11) is 0. The van der Waals surface area contributed by atoms with Gasteiger partial charge in [0.15, 0.2) is 0 Å². The Bertz CT molecular complexity index is 1040. The van der Waals surface area contributed by atoms with Crippen molar-refractivity contribution in [3.63, 3.8) is 0 Å². The zero-order valence-corrected chi connectivity index (χ0v) is 14.7. The minimum atomic E-state index is -0.132. The molecule has 3 aromatic heterocycles. The lowest BCUT2D eigenvalue weighted by Gasteiger charge is -2.04. The van der Waals surface area contributed by atoms with Gasteiger partial charge in [-0.25, -0.2) is 4.98 Å². The molecule has 4 aromatic rings. The van der Waals surface area contributed by atoms with Crippen LogP contribution < -0.4 is 5.32 Å². The number of H-pyrrole nitrogens is 1. The summed E-state index contributed by atoms with van der Waals surface area (Å²) in [4.78, 5) is 21.3. The monoisotopic (exact) mass is 351 g/mol. The molecule has 0 spiro atoms. The lowest BCUT2D eigenvalue weighted by Crippen LogP contribution is -2.23. The molecular weight excluding hydrogens is 334 g/mol. The van der Waals surface area contributed by atoms with Crippen LogP contribution in [0.2, 0.25) is 0 Å². The normalized spacial score (nSPS) is 11.1. The first-order valence-corrected chi connectivity index (χ1v) is 8.86. The summed E-state index contributed by atoms with van der Waals surface area (Å²) < 4.78 is 5.48. The van der Waals surface area contributed by atoms with E-state index in [1.165, 1.54) is 5.56 Å². The van der Waals surface area contributed by atoms with Crippen LogP contribution in [0.3, 0.4) is 0 Å². The number of fused-ring (bicyclic) bond motifs is 1. The fourth-order valence-electron chi connectivity index (χ4n) is 2.84. The largest absolute Gasteiger partial charge is 0.443 e. The van der Waals surface area contributed by atoms with E-state index in [2.05, 4.69) is 22.2 Å². The molecule has 1 amide bonds. The number of benzene rings is 1. The van der Waals surface area contributed by atoms with Crippen molar-refractivity contribution in [2.75, 3.05) is 0 Å². The van der Waals surface area contributed by atoms with E-state index < -0.39 is 0 Å². The zero-order chi connectivity index (χ0) is 17.4. The van der Waals surface area contributed by atoms with Crippen LogP contribution in [0.4, 0.5) is 0 Å². The number of hydrogen-bond acceptors (Lipinski definition) is 4. The number of thiophene rings is 1. The molecule has 0 aliphatic rings. The molecule has 0 bridgehead atoms. The van der Waals surface area contributed by atoms with Crippen LogP contribution in [-0.2, 0) is 6.54 Å². The predicted molar refractivity (Wildman–Crippen MR) is 98.8 cm³/mol. The van der Waals surface area contributed by atoms with Crippen LogP contribution in [0.25, 0.3) is 21.7 Å². The van der Waals surface area contributed by atoms with Crippen molar-refractivity contribution in [1.29, 1.82) is 0 Å². The van der Waals surface area contributed by atoms with Crippen molar-refractivity contribution in [1.82, 2.24) is 15.3 Å². The molecule has 126 valence electrons. The smallest absolute Gasteiger partial charge is 0.253 e. The number of hydrogen-bond donors (Lipinski definition) is 2. The molecule has 1 aromatic carbocycles. The maximum absolute atomic E-state index is 12.6. The summed E-state index contributed by atoms with van der Waals surface area (Å²) >= 11 is 1.57.